The average molecular weight is 345 g/mol. The number of aromatic nitrogens is 2. The van der Waals surface area contributed by atoms with Crippen molar-refractivity contribution < 1.29 is 13.2 Å². The van der Waals surface area contributed by atoms with Crippen LogP contribution in [0.2, 0.25) is 5.02 Å². The molecule has 1 aromatic carbocycles. The molecule has 1 N–H and O–H groups in total. The Labute approximate surface area is 137 Å². The third kappa shape index (κ3) is 4.25. The molecular formula is C15H16ClF3N4. The minimum Gasteiger partial charge on any atom is -0.357 e. The van der Waals surface area contributed by atoms with Crippen LogP contribution in [-0.4, -0.2) is 23.1 Å². The van der Waals surface area contributed by atoms with Gasteiger partial charge in [-0.3, -0.25) is 0 Å². The van der Waals surface area contributed by atoms with Crippen LogP contribution in [0, 0.1) is 0 Å². The largest absolute Gasteiger partial charge is 0.418 e. The van der Waals surface area contributed by atoms with Gasteiger partial charge in [-0.15, -0.1) is 0 Å². The molecule has 0 atom stereocenters. The van der Waals surface area contributed by atoms with E-state index < -0.39 is 11.7 Å². The second-order valence-electron chi connectivity index (χ2n) is 4.75. The zero-order valence-corrected chi connectivity index (χ0v) is 13.4. The summed E-state index contributed by atoms with van der Waals surface area (Å²) in [6.45, 7) is 5.42. The summed E-state index contributed by atoms with van der Waals surface area (Å²) in [5.41, 5.74) is -0.945. The summed E-state index contributed by atoms with van der Waals surface area (Å²) in [5.74, 6) is 0.935. The summed E-state index contributed by atoms with van der Waals surface area (Å²) in [4.78, 5) is 10.1. The van der Waals surface area contributed by atoms with Gasteiger partial charge in [-0.05, 0) is 32.0 Å². The molecule has 0 aliphatic carbocycles. The molecule has 0 saturated heterocycles. The van der Waals surface area contributed by atoms with E-state index in [0.29, 0.717) is 5.82 Å². The number of nitrogens with zero attached hydrogens (tertiary/aromatic N) is 3. The molecule has 23 heavy (non-hydrogen) atoms. The van der Waals surface area contributed by atoms with Gasteiger partial charge in [0, 0.05) is 24.2 Å². The number of nitrogens with one attached hydrogen (secondary N) is 1. The van der Waals surface area contributed by atoms with Gasteiger partial charge in [0.25, 0.3) is 0 Å². The molecule has 0 aliphatic rings. The highest BCUT2D eigenvalue weighted by Crippen LogP contribution is 2.37. The lowest BCUT2D eigenvalue weighted by molar-refractivity contribution is -0.136. The van der Waals surface area contributed by atoms with E-state index in [2.05, 4.69) is 15.3 Å². The van der Waals surface area contributed by atoms with Gasteiger partial charge < -0.3 is 10.2 Å². The molecule has 1 heterocycles. The molecule has 0 fully saturated rings. The van der Waals surface area contributed by atoms with Crippen molar-refractivity contribution >= 4 is 28.9 Å². The van der Waals surface area contributed by atoms with Crippen molar-refractivity contribution in [3.8, 4) is 0 Å². The Balaban J connectivity index is 2.35. The van der Waals surface area contributed by atoms with Crippen LogP contribution >= 0.6 is 11.6 Å². The molecule has 124 valence electrons. The highest BCUT2D eigenvalue weighted by atomic mass is 35.5. The van der Waals surface area contributed by atoms with Crippen LogP contribution in [0.25, 0.3) is 0 Å². The van der Waals surface area contributed by atoms with Crippen LogP contribution in [0.1, 0.15) is 19.4 Å². The molecule has 8 heteroatoms. The number of hydrogen-bond donors (Lipinski definition) is 1. The van der Waals surface area contributed by atoms with Gasteiger partial charge in [0.1, 0.15) is 18.0 Å². The molecule has 0 spiro atoms. The van der Waals surface area contributed by atoms with Crippen molar-refractivity contribution in [1.82, 2.24) is 9.97 Å². The zero-order valence-electron chi connectivity index (χ0n) is 12.7. The molecular weight excluding hydrogens is 329 g/mol. The summed E-state index contributed by atoms with van der Waals surface area (Å²) in [5, 5.41) is 2.72. The van der Waals surface area contributed by atoms with Gasteiger partial charge in [0.05, 0.1) is 11.3 Å². The SMILES string of the molecule is CCN(CC)c1cc(Nc2ccc(Cl)cc2C(F)(F)F)ncn1. The summed E-state index contributed by atoms with van der Waals surface area (Å²) < 4.78 is 39.3. The standard InChI is InChI=1S/C15H16ClF3N4/c1-3-23(4-2)14-8-13(20-9-21-14)22-12-6-5-10(16)7-11(12)15(17,18)19/h5-9H,3-4H2,1-2H3,(H,20,21,22). The first-order chi connectivity index (χ1) is 10.8. The first kappa shape index (κ1) is 17.3. The van der Waals surface area contributed by atoms with E-state index in [4.69, 9.17) is 11.6 Å². The molecule has 0 saturated carbocycles. The van der Waals surface area contributed by atoms with Gasteiger partial charge in [0.15, 0.2) is 0 Å². The maximum absolute atomic E-state index is 13.1. The Morgan fingerprint density at radius 3 is 2.43 bits per heavy atom. The van der Waals surface area contributed by atoms with Crippen LogP contribution in [-0.2, 0) is 6.18 Å². The third-order valence-corrected chi connectivity index (χ3v) is 3.52. The predicted octanol–water partition coefficient (Wildman–Crippen LogP) is 4.74. The normalized spacial score (nSPS) is 11.4. The van der Waals surface area contributed by atoms with E-state index in [1.165, 1.54) is 18.5 Å². The Morgan fingerprint density at radius 2 is 1.83 bits per heavy atom. The second kappa shape index (κ2) is 7.04. The zero-order chi connectivity index (χ0) is 17.0. The smallest absolute Gasteiger partial charge is 0.357 e. The van der Waals surface area contributed by atoms with Crippen molar-refractivity contribution in [2.45, 2.75) is 20.0 Å². The maximum atomic E-state index is 13.1. The third-order valence-electron chi connectivity index (χ3n) is 3.29. The lowest BCUT2D eigenvalue weighted by Crippen LogP contribution is -2.23. The maximum Gasteiger partial charge on any atom is 0.418 e. The molecule has 0 unspecified atom stereocenters. The second-order valence-corrected chi connectivity index (χ2v) is 5.18. The molecule has 1 aromatic heterocycles. The van der Waals surface area contributed by atoms with Gasteiger partial charge in [0.2, 0.25) is 0 Å². The van der Waals surface area contributed by atoms with E-state index in [1.54, 1.807) is 6.07 Å². The molecule has 0 aliphatic heterocycles. The summed E-state index contributed by atoms with van der Waals surface area (Å²) in [6, 6.07) is 5.17. The monoisotopic (exact) mass is 344 g/mol. The lowest BCUT2D eigenvalue weighted by Gasteiger charge is -2.20. The van der Waals surface area contributed by atoms with Crippen LogP contribution in [0.15, 0.2) is 30.6 Å². The van der Waals surface area contributed by atoms with E-state index in [-0.39, 0.29) is 16.5 Å². The molecule has 0 bridgehead atoms. The highest BCUT2D eigenvalue weighted by Gasteiger charge is 2.34. The number of halogens is 4. The molecule has 2 aromatic rings. The first-order valence-electron chi connectivity index (χ1n) is 7.06. The summed E-state index contributed by atoms with van der Waals surface area (Å²) in [7, 11) is 0. The summed E-state index contributed by atoms with van der Waals surface area (Å²) >= 11 is 5.67. The van der Waals surface area contributed by atoms with Crippen molar-refractivity contribution in [2.24, 2.45) is 0 Å². The van der Waals surface area contributed by atoms with E-state index in [1.807, 2.05) is 18.7 Å². The van der Waals surface area contributed by atoms with Crippen molar-refractivity contribution in [1.29, 1.82) is 0 Å². The van der Waals surface area contributed by atoms with Gasteiger partial charge >= 0.3 is 6.18 Å². The number of benzene rings is 1. The van der Waals surface area contributed by atoms with E-state index in [0.717, 1.165) is 19.2 Å². The fourth-order valence-electron chi connectivity index (χ4n) is 2.13. The highest BCUT2D eigenvalue weighted by molar-refractivity contribution is 6.30. The molecule has 0 radical (unpaired) electrons. The number of hydrogen-bond acceptors (Lipinski definition) is 4. The minimum atomic E-state index is -4.51. The van der Waals surface area contributed by atoms with Crippen molar-refractivity contribution in [3.05, 3.63) is 41.2 Å². The number of alkyl halides is 3. The van der Waals surface area contributed by atoms with Crippen molar-refractivity contribution in [3.63, 3.8) is 0 Å². The number of rotatable bonds is 5. The van der Waals surface area contributed by atoms with Crippen LogP contribution < -0.4 is 10.2 Å². The van der Waals surface area contributed by atoms with E-state index in [9.17, 15) is 13.2 Å². The van der Waals surface area contributed by atoms with Gasteiger partial charge in [-0.1, -0.05) is 11.6 Å². The average Bonchev–Trinajstić information content (AvgIpc) is 2.50. The molecule has 2 rings (SSSR count). The lowest BCUT2D eigenvalue weighted by atomic mass is 10.1. The van der Waals surface area contributed by atoms with Crippen LogP contribution in [0.4, 0.5) is 30.5 Å². The van der Waals surface area contributed by atoms with Crippen LogP contribution in [0.3, 0.4) is 0 Å². The topological polar surface area (TPSA) is 41.0 Å². The Hall–Kier alpha value is -2.02. The summed E-state index contributed by atoms with van der Waals surface area (Å²) in [6.07, 6.45) is -3.19. The van der Waals surface area contributed by atoms with E-state index >= 15 is 0 Å². The molecule has 0 amide bonds. The predicted molar refractivity (Wildman–Crippen MR) is 85.3 cm³/mol. The fourth-order valence-corrected chi connectivity index (χ4v) is 2.31. The Morgan fingerprint density at radius 1 is 1.13 bits per heavy atom. The van der Waals surface area contributed by atoms with Crippen molar-refractivity contribution in [2.75, 3.05) is 23.3 Å². The minimum absolute atomic E-state index is 0.0226. The Bertz CT molecular complexity index is 672. The van der Waals surface area contributed by atoms with Crippen LogP contribution in [0.5, 0.6) is 0 Å². The quantitative estimate of drug-likeness (QED) is 0.850. The van der Waals surface area contributed by atoms with Gasteiger partial charge in [-0.2, -0.15) is 13.2 Å². The van der Waals surface area contributed by atoms with Gasteiger partial charge in [-0.25, -0.2) is 9.97 Å². The number of anilines is 3. The molecule has 4 nitrogen and oxygen atoms in total. The fraction of sp³-hybridized carbons (Fsp3) is 0.333. The first-order valence-corrected chi connectivity index (χ1v) is 7.43. The Kier molecular flexibility index (Phi) is 5.30.